The van der Waals surface area contributed by atoms with Crippen LogP contribution in [0.25, 0.3) is 0 Å². The van der Waals surface area contributed by atoms with Crippen molar-refractivity contribution in [1.82, 2.24) is 4.98 Å². The first kappa shape index (κ1) is 31.5. The summed E-state index contributed by atoms with van der Waals surface area (Å²) in [5, 5.41) is 13.1. The molecule has 2 saturated carbocycles. The molecule has 4 aliphatic rings. The molecule has 1 aromatic heterocycles. The van der Waals surface area contributed by atoms with E-state index in [0.717, 1.165) is 21.9 Å². The Morgan fingerprint density at radius 2 is 1.69 bits per heavy atom. The molecule has 252 valence electrons. The van der Waals surface area contributed by atoms with Gasteiger partial charge in [-0.25, -0.2) is 0 Å². The third-order valence-electron chi connectivity index (χ3n) is 10.2. The number of benzene rings is 3. The standard InChI is InChI=1S/C36H33N3O8S2/c1-3-46-25-14-17(4-13-24(25)47-16-26(41)37-18-5-9-20(40)10-6-18)27-28-22-15-23(31(28)48-33-32(27)49-36(44)38-33)30-29(22)34(42)39(35(30)43)19-7-11-21(45-2)12-8-19/h4-14,22-23,27-31,40H,3,15-16H2,1-2H3,(H,37,41)(H,38,44)/t22-,23-,27-,28?,29?,30?,31?/m1/s1. The van der Waals surface area contributed by atoms with E-state index < -0.39 is 11.8 Å². The summed E-state index contributed by atoms with van der Waals surface area (Å²) in [6, 6.07) is 18.8. The number of anilines is 2. The highest BCUT2D eigenvalue weighted by Crippen LogP contribution is 2.68. The van der Waals surface area contributed by atoms with Crippen molar-refractivity contribution in [2.45, 2.75) is 29.5 Å². The zero-order valence-corrected chi connectivity index (χ0v) is 28.2. The van der Waals surface area contributed by atoms with Crippen LogP contribution in [-0.2, 0) is 14.4 Å². The Labute approximate surface area is 289 Å². The summed E-state index contributed by atoms with van der Waals surface area (Å²) in [6.07, 6.45) is 0.775. The number of aromatic hydroxyl groups is 1. The van der Waals surface area contributed by atoms with E-state index in [1.54, 1.807) is 61.3 Å². The fourth-order valence-electron chi connectivity index (χ4n) is 8.37. The van der Waals surface area contributed by atoms with Crippen molar-refractivity contribution >= 4 is 52.2 Å². The maximum absolute atomic E-state index is 14.1. The topological polar surface area (TPSA) is 147 Å². The van der Waals surface area contributed by atoms with Crippen LogP contribution in [0.4, 0.5) is 11.4 Å². The van der Waals surface area contributed by atoms with Gasteiger partial charge in [-0.3, -0.25) is 24.1 Å². The Bertz CT molecular complexity index is 2010. The third kappa shape index (κ3) is 5.26. The van der Waals surface area contributed by atoms with E-state index in [-0.39, 0.29) is 63.9 Å². The molecule has 3 fully saturated rings. The first-order valence-corrected chi connectivity index (χ1v) is 17.8. The number of phenolic OH excluding ortho intramolecular Hbond substituents is 1. The number of hydrogen-bond donors (Lipinski definition) is 3. The number of methoxy groups -OCH3 is 1. The lowest BCUT2D eigenvalue weighted by atomic mass is 9.68. The number of H-pyrrole nitrogens is 1. The number of ether oxygens (including phenoxy) is 3. The first-order chi connectivity index (χ1) is 23.7. The third-order valence-corrected chi connectivity index (χ3v) is 12.8. The monoisotopic (exact) mass is 699 g/mol. The lowest BCUT2D eigenvalue weighted by molar-refractivity contribution is -0.123. The van der Waals surface area contributed by atoms with Crippen molar-refractivity contribution in [3.8, 4) is 23.0 Å². The van der Waals surface area contributed by atoms with Gasteiger partial charge in [0.2, 0.25) is 11.8 Å². The van der Waals surface area contributed by atoms with Gasteiger partial charge < -0.3 is 29.6 Å². The van der Waals surface area contributed by atoms with Crippen LogP contribution in [0, 0.1) is 29.6 Å². The van der Waals surface area contributed by atoms with Gasteiger partial charge in [-0.2, -0.15) is 0 Å². The molecule has 4 aromatic rings. The number of aromatic amines is 1. The van der Waals surface area contributed by atoms with Gasteiger partial charge in [0, 0.05) is 21.7 Å². The largest absolute Gasteiger partial charge is 0.508 e. The molecule has 11 nitrogen and oxygen atoms in total. The van der Waals surface area contributed by atoms with Gasteiger partial charge in [-0.15, -0.1) is 11.8 Å². The molecule has 1 saturated heterocycles. The van der Waals surface area contributed by atoms with E-state index in [0.29, 0.717) is 35.2 Å². The quantitative estimate of drug-likeness (QED) is 0.158. The summed E-state index contributed by atoms with van der Waals surface area (Å²) in [7, 11) is 1.57. The minimum Gasteiger partial charge on any atom is -0.508 e. The van der Waals surface area contributed by atoms with Gasteiger partial charge >= 0.3 is 4.87 Å². The van der Waals surface area contributed by atoms with Crippen LogP contribution in [0.5, 0.6) is 23.0 Å². The second-order valence-corrected chi connectivity index (χ2v) is 14.9. The Balaban J connectivity index is 1.09. The van der Waals surface area contributed by atoms with Crippen LogP contribution in [0.15, 0.2) is 76.6 Å². The van der Waals surface area contributed by atoms with Crippen LogP contribution in [0.2, 0.25) is 0 Å². The van der Waals surface area contributed by atoms with Crippen LogP contribution in [-0.4, -0.2) is 53.4 Å². The lowest BCUT2D eigenvalue weighted by Crippen LogP contribution is -2.42. The van der Waals surface area contributed by atoms with E-state index in [2.05, 4.69) is 10.3 Å². The van der Waals surface area contributed by atoms with Crippen LogP contribution >= 0.6 is 23.1 Å². The van der Waals surface area contributed by atoms with E-state index in [1.807, 2.05) is 19.1 Å². The number of thioether (sulfide) groups is 1. The SMILES string of the molecule is CCOc1cc([C@H]2c3sc(=O)[nH]c3SC3C2[C@H]2C[C@@H]3C3C(=O)N(c4ccc(OC)cc4)C(=O)C32)ccc1OCC(=O)Nc1ccc(O)cc1. The second-order valence-electron chi connectivity index (χ2n) is 12.7. The average Bonchev–Trinajstić information content (AvgIpc) is 3.84. The molecular weight excluding hydrogens is 667 g/mol. The lowest BCUT2D eigenvalue weighted by Gasteiger charge is -2.43. The number of carbonyl (C=O) groups is 3. The molecule has 49 heavy (non-hydrogen) atoms. The number of rotatable bonds is 9. The molecule has 8 rings (SSSR count). The highest BCUT2D eigenvalue weighted by molar-refractivity contribution is 8.00. The number of nitrogens with zero attached hydrogens (tertiary/aromatic N) is 1. The van der Waals surface area contributed by atoms with Gasteiger partial charge in [0.05, 0.1) is 36.3 Å². The molecule has 2 aliphatic heterocycles. The molecule has 4 unspecified atom stereocenters. The summed E-state index contributed by atoms with van der Waals surface area (Å²) < 4.78 is 17.2. The molecular formula is C36H33N3O8S2. The summed E-state index contributed by atoms with van der Waals surface area (Å²) >= 11 is 2.83. The predicted octanol–water partition coefficient (Wildman–Crippen LogP) is 5.24. The zero-order chi connectivity index (χ0) is 34.0. The van der Waals surface area contributed by atoms with Crippen LogP contribution < -0.4 is 29.3 Å². The van der Waals surface area contributed by atoms with Crippen molar-refractivity contribution in [2.75, 3.05) is 30.5 Å². The molecule has 3 N–H and O–H groups in total. The van der Waals surface area contributed by atoms with Gasteiger partial charge in [-0.1, -0.05) is 17.4 Å². The van der Waals surface area contributed by atoms with Gasteiger partial charge in [0.1, 0.15) is 11.5 Å². The highest BCUT2D eigenvalue weighted by Gasteiger charge is 2.69. The zero-order valence-electron chi connectivity index (χ0n) is 26.6. The van der Waals surface area contributed by atoms with E-state index in [4.69, 9.17) is 14.2 Å². The molecule has 7 atom stereocenters. The Kier molecular flexibility index (Phi) is 7.91. The second kappa shape index (κ2) is 12.3. The van der Waals surface area contributed by atoms with Crippen LogP contribution in [0.1, 0.15) is 29.7 Å². The Morgan fingerprint density at radius 1 is 0.959 bits per heavy atom. The normalized spacial score (nSPS) is 26.2. The molecule has 13 heteroatoms. The van der Waals surface area contributed by atoms with Crippen molar-refractivity contribution < 1.29 is 33.7 Å². The number of imide groups is 1. The van der Waals surface area contributed by atoms with Crippen molar-refractivity contribution in [2.24, 2.45) is 29.6 Å². The number of amides is 3. The molecule has 3 amide bonds. The summed E-state index contributed by atoms with van der Waals surface area (Å²) in [4.78, 5) is 58.6. The summed E-state index contributed by atoms with van der Waals surface area (Å²) in [5.41, 5.74) is 2.00. The maximum atomic E-state index is 14.1. The van der Waals surface area contributed by atoms with Crippen molar-refractivity contribution in [1.29, 1.82) is 0 Å². The molecule has 2 aliphatic carbocycles. The molecule has 3 heterocycles. The molecule has 0 spiro atoms. The van der Waals surface area contributed by atoms with E-state index >= 15 is 0 Å². The fourth-order valence-corrected chi connectivity index (χ4v) is 11.3. The predicted molar refractivity (Wildman–Crippen MR) is 184 cm³/mol. The van der Waals surface area contributed by atoms with Gasteiger partial charge in [-0.05, 0) is 97.3 Å². The van der Waals surface area contributed by atoms with E-state index in [9.17, 15) is 24.3 Å². The van der Waals surface area contributed by atoms with Gasteiger partial charge in [0.25, 0.3) is 5.91 Å². The first-order valence-electron chi connectivity index (χ1n) is 16.2. The minimum atomic E-state index is -0.428. The smallest absolute Gasteiger partial charge is 0.305 e. The number of hydrogen-bond acceptors (Lipinski definition) is 10. The molecule has 3 aromatic carbocycles. The highest BCUT2D eigenvalue weighted by atomic mass is 32.2. The summed E-state index contributed by atoms with van der Waals surface area (Å²) in [6.45, 7) is 1.97. The number of nitrogens with one attached hydrogen (secondary N) is 2. The average molecular weight is 700 g/mol. The number of phenols is 1. The maximum Gasteiger partial charge on any atom is 0.305 e. The molecule has 2 bridgehead atoms. The summed E-state index contributed by atoms with van der Waals surface area (Å²) in [5.74, 6) is -0.142. The van der Waals surface area contributed by atoms with E-state index in [1.165, 1.54) is 28.4 Å². The number of carbonyl (C=O) groups excluding carboxylic acids is 3. The van der Waals surface area contributed by atoms with Crippen LogP contribution in [0.3, 0.4) is 0 Å². The molecule has 0 radical (unpaired) electrons. The number of fused-ring (bicyclic) bond motifs is 9. The van der Waals surface area contributed by atoms with Gasteiger partial charge in [0.15, 0.2) is 18.1 Å². The fraction of sp³-hybridized carbons (Fsp3) is 0.333. The number of aromatic nitrogens is 1. The Morgan fingerprint density at radius 3 is 2.41 bits per heavy atom. The van der Waals surface area contributed by atoms with Crippen molar-refractivity contribution in [3.63, 3.8) is 0 Å². The minimum absolute atomic E-state index is 0.00943. The Hall–Kier alpha value is -4.75. The number of thiazole rings is 1. The van der Waals surface area contributed by atoms with Crippen molar-refractivity contribution in [3.05, 3.63) is 86.8 Å².